The van der Waals surface area contributed by atoms with E-state index < -0.39 is 0 Å². The highest BCUT2D eigenvalue weighted by atomic mass is 16.5. The summed E-state index contributed by atoms with van der Waals surface area (Å²) >= 11 is 0. The minimum absolute atomic E-state index is 0.323. The van der Waals surface area contributed by atoms with Crippen molar-refractivity contribution in [3.63, 3.8) is 0 Å². The van der Waals surface area contributed by atoms with Gasteiger partial charge in [-0.05, 0) is 32.5 Å². The van der Waals surface area contributed by atoms with Gasteiger partial charge in [0.15, 0.2) is 0 Å². The molecule has 0 radical (unpaired) electrons. The average Bonchev–Trinajstić information content (AvgIpc) is 2.20. The molecule has 0 unspecified atom stereocenters. The van der Waals surface area contributed by atoms with Crippen molar-refractivity contribution in [2.45, 2.75) is 25.3 Å². The van der Waals surface area contributed by atoms with Gasteiger partial charge in [-0.2, -0.15) is 0 Å². The lowest BCUT2D eigenvalue weighted by atomic mass is 9.87. The van der Waals surface area contributed by atoms with E-state index in [0.29, 0.717) is 5.54 Å². The molecule has 3 heteroatoms. The molecule has 1 N–H and O–H groups in total. The fraction of sp³-hybridized carbons (Fsp3) is 1.00. The molecular weight excluding hydrogens is 164 g/mol. The summed E-state index contributed by atoms with van der Waals surface area (Å²) in [5, 5.41) is 3.63. The van der Waals surface area contributed by atoms with Crippen LogP contribution in [0.15, 0.2) is 0 Å². The van der Waals surface area contributed by atoms with Gasteiger partial charge in [0.25, 0.3) is 0 Å². The Balaban J connectivity index is 1.87. The maximum atomic E-state index is 5.55. The zero-order valence-electron chi connectivity index (χ0n) is 8.51. The quantitative estimate of drug-likeness (QED) is 0.641. The molecule has 0 bridgehead atoms. The van der Waals surface area contributed by atoms with Crippen LogP contribution in [0.25, 0.3) is 0 Å². The Kier molecular flexibility index (Phi) is 2.86. The van der Waals surface area contributed by atoms with Gasteiger partial charge < -0.3 is 15.0 Å². The molecule has 2 saturated heterocycles. The smallest absolute Gasteiger partial charge is 0.0649 e. The van der Waals surface area contributed by atoms with Crippen LogP contribution >= 0.6 is 0 Å². The van der Waals surface area contributed by atoms with Gasteiger partial charge in [0.1, 0.15) is 0 Å². The number of hydrogen-bond acceptors (Lipinski definition) is 3. The maximum absolute atomic E-state index is 5.55. The van der Waals surface area contributed by atoms with Crippen molar-refractivity contribution < 1.29 is 4.74 Å². The van der Waals surface area contributed by atoms with Crippen molar-refractivity contribution in [2.24, 2.45) is 0 Å². The summed E-state index contributed by atoms with van der Waals surface area (Å²) in [4.78, 5) is 2.52. The van der Waals surface area contributed by atoms with Crippen LogP contribution in [0, 0.1) is 0 Å². The summed E-state index contributed by atoms with van der Waals surface area (Å²) in [6, 6.07) is 0. The van der Waals surface area contributed by atoms with Crippen molar-refractivity contribution in [3.05, 3.63) is 0 Å². The predicted molar refractivity (Wildman–Crippen MR) is 52.9 cm³/mol. The molecule has 0 atom stereocenters. The Hall–Kier alpha value is -0.120. The molecule has 0 aromatic heterocycles. The zero-order chi connectivity index (χ0) is 9.15. The number of ether oxygens (including phenoxy) is 1. The molecule has 0 aliphatic carbocycles. The first-order valence-corrected chi connectivity index (χ1v) is 5.40. The van der Waals surface area contributed by atoms with Crippen LogP contribution in [0.2, 0.25) is 0 Å². The van der Waals surface area contributed by atoms with E-state index in [0.717, 1.165) is 19.8 Å². The van der Waals surface area contributed by atoms with E-state index in [9.17, 15) is 0 Å². The minimum atomic E-state index is 0.323. The van der Waals surface area contributed by atoms with Crippen LogP contribution in [-0.2, 0) is 4.74 Å². The SMILES string of the molecule is CCN1CCC2(CC1)COCCN2. The number of likely N-dealkylation sites (tertiary alicyclic amines) is 1. The molecule has 2 aliphatic rings. The molecule has 0 aromatic rings. The number of nitrogens with zero attached hydrogens (tertiary/aromatic N) is 1. The van der Waals surface area contributed by atoms with E-state index in [1.54, 1.807) is 0 Å². The summed E-state index contributed by atoms with van der Waals surface area (Å²) in [6.45, 7) is 8.73. The third kappa shape index (κ3) is 2.03. The molecule has 76 valence electrons. The zero-order valence-corrected chi connectivity index (χ0v) is 8.51. The molecule has 2 fully saturated rings. The van der Waals surface area contributed by atoms with Crippen LogP contribution in [0.1, 0.15) is 19.8 Å². The first-order chi connectivity index (χ1) is 6.35. The van der Waals surface area contributed by atoms with Crippen LogP contribution < -0.4 is 5.32 Å². The van der Waals surface area contributed by atoms with Gasteiger partial charge in [0, 0.05) is 12.1 Å². The van der Waals surface area contributed by atoms with E-state index in [-0.39, 0.29) is 0 Å². The Morgan fingerprint density at radius 1 is 1.38 bits per heavy atom. The van der Waals surface area contributed by atoms with E-state index in [1.165, 1.54) is 32.5 Å². The molecule has 3 nitrogen and oxygen atoms in total. The highest BCUT2D eigenvalue weighted by Crippen LogP contribution is 2.24. The third-order valence-corrected chi connectivity index (χ3v) is 3.39. The van der Waals surface area contributed by atoms with E-state index in [4.69, 9.17) is 4.74 Å². The van der Waals surface area contributed by atoms with E-state index in [2.05, 4.69) is 17.1 Å². The highest BCUT2D eigenvalue weighted by Gasteiger charge is 2.35. The summed E-state index contributed by atoms with van der Waals surface area (Å²) in [5.74, 6) is 0. The number of piperidine rings is 1. The molecule has 0 aromatic carbocycles. The van der Waals surface area contributed by atoms with E-state index >= 15 is 0 Å². The molecule has 1 spiro atoms. The molecule has 2 aliphatic heterocycles. The third-order valence-electron chi connectivity index (χ3n) is 3.39. The number of nitrogens with one attached hydrogen (secondary N) is 1. The molecule has 0 saturated carbocycles. The predicted octanol–water partition coefficient (Wildman–Crippen LogP) is 0.461. The number of hydrogen-bond donors (Lipinski definition) is 1. The lowest BCUT2D eigenvalue weighted by Gasteiger charge is -2.44. The summed E-state index contributed by atoms with van der Waals surface area (Å²) < 4.78 is 5.55. The Bertz CT molecular complexity index is 156. The average molecular weight is 184 g/mol. The minimum Gasteiger partial charge on any atom is -0.378 e. The normalized spacial score (nSPS) is 29.3. The molecule has 0 amide bonds. The fourth-order valence-electron chi connectivity index (χ4n) is 2.33. The molecule has 2 rings (SSSR count). The van der Waals surface area contributed by atoms with Crippen molar-refractivity contribution in [2.75, 3.05) is 39.4 Å². The van der Waals surface area contributed by atoms with Crippen molar-refractivity contribution in [3.8, 4) is 0 Å². The van der Waals surface area contributed by atoms with Gasteiger partial charge in [-0.25, -0.2) is 0 Å². The number of morpholine rings is 1. The first kappa shape index (κ1) is 9.44. The Labute approximate surface area is 80.4 Å². The summed E-state index contributed by atoms with van der Waals surface area (Å²) in [5.41, 5.74) is 0.323. The van der Waals surface area contributed by atoms with Crippen molar-refractivity contribution in [1.82, 2.24) is 10.2 Å². The van der Waals surface area contributed by atoms with Gasteiger partial charge in [-0.1, -0.05) is 6.92 Å². The van der Waals surface area contributed by atoms with Crippen molar-refractivity contribution >= 4 is 0 Å². The topological polar surface area (TPSA) is 24.5 Å². The Morgan fingerprint density at radius 2 is 2.15 bits per heavy atom. The van der Waals surface area contributed by atoms with Crippen LogP contribution in [-0.4, -0.2) is 49.8 Å². The number of rotatable bonds is 1. The van der Waals surface area contributed by atoms with Gasteiger partial charge in [-0.3, -0.25) is 0 Å². The van der Waals surface area contributed by atoms with Crippen LogP contribution in [0.4, 0.5) is 0 Å². The van der Waals surface area contributed by atoms with Gasteiger partial charge in [-0.15, -0.1) is 0 Å². The van der Waals surface area contributed by atoms with Crippen LogP contribution in [0.5, 0.6) is 0 Å². The van der Waals surface area contributed by atoms with Crippen LogP contribution in [0.3, 0.4) is 0 Å². The van der Waals surface area contributed by atoms with Gasteiger partial charge in [0.2, 0.25) is 0 Å². The fourth-order valence-corrected chi connectivity index (χ4v) is 2.33. The molecule has 13 heavy (non-hydrogen) atoms. The second-order valence-corrected chi connectivity index (χ2v) is 4.19. The summed E-state index contributed by atoms with van der Waals surface area (Å²) in [6.07, 6.45) is 2.50. The Morgan fingerprint density at radius 3 is 2.69 bits per heavy atom. The standard InChI is InChI=1S/C10H20N2O/c1-2-12-6-3-10(4-7-12)9-13-8-5-11-10/h11H,2-9H2,1H3. The molecule has 2 heterocycles. The van der Waals surface area contributed by atoms with Crippen molar-refractivity contribution in [1.29, 1.82) is 0 Å². The van der Waals surface area contributed by atoms with Gasteiger partial charge >= 0.3 is 0 Å². The second kappa shape index (κ2) is 3.95. The van der Waals surface area contributed by atoms with E-state index in [1.807, 2.05) is 0 Å². The largest absolute Gasteiger partial charge is 0.378 e. The van der Waals surface area contributed by atoms with Gasteiger partial charge in [0.05, 0.1) is 13.2 Å². The highest BCUT2D eigenvalue weighted by molar-refractivity contribution is 4.94. The lowest BCUT2D eigenvalue weighted by Crippen LogP contribution is -2.59. The maximum Gasteiger partial charge on any atom is 0.0649 e. The monoisotopic (exact) mass is 184 g/mol. The molecular formula is C10H20N2O. The second-order valence-electron chi connectivity index (χ2n) is 4.19. The first-order valence-electron chi connectivity index (χ1n) is 5.40. The summed E-state index contributed by atoms with van der Waals surface area (Å²) in [7, 11) is 0. The lowest BCUT2D eigenvalue weighted by molar-refractivity contribution is -0.00450.